The van der Waals surface area contributed by atoms with Crippen molar-refractivity contribution in [2.45, 2.75) is 53.2 Å². The second kappa shape index (κ2) is 9.17. The lowest BCUT2D eigenvalue weighted by Crippen LogP contribution is -2.18. The lowest BCUT2D eigenvalue weighted by Gasteiger charge is -2.04. The number of furan rings is 1. The molecule has 104 valence electrons. The molecule has 1 rings (SSSR count). The Bertz CT molecular complexity index is 307. The van der Waals surface area contributed by atoms with E-state index in [1.807, 2.05) is 6.26 Å². The van der Waals surface area contributed by atoms with Crippen LogP contribution >= 0.6 is 0 Å². The highest BCUT2D eigenvalue weighted by Crippen LogP contribution is 2.09. The zero-order chi connectivity index (χ0) is 13.2. The Hall–Kier alpha value is -0.800. The molecule has 1 heterocycles. The van der Waals surface area contributed by atoms with Gasteiger partial charge in [-0.25, -0.2) is 0 Å². The van der Waals surface area contributed by atoms with Crippen molar-refractivity contribution in [3.8, 4) is 0 Å². The second-order valence-corrected chi connectivity index (χ2v) is 5.21. The molecule has 0 amide bonds. The first-order valence-electron chi connectivity index (χ1n) is 7.07. The van der Waals surface area contributed by atoms with Crippen LogP contribution in [0, 0.1) is 5.92 Å². The number of hydrogen-bond acceptors (Lipinski definition) is 3. The molecule has 0 bridgehead atoms. The number of hydrogen-bond donors (Lipinski definition) is 1. The Morgan fingerprint density at radius 2 is 2.17 bits per heavy atom. The monoisotopic (exact) mass is 253 g/mol. The topological polar surface area (TPSA) is 34.4 Å². The van der Waals surface area contributed by atoms with Crippen molar-refractivity contribution in [1.82, 2.24) is 5.32 Å². The molecule has 3 heteroatoms. The lowest BCUT2D eigenvalue weighted by atomic mass is 10.2. The summed E-state index contributed by atoms with van der Waals surface area (Å²) in [5.41, 5.74) is 1.20. The fourth-order valence-electron chi connectivity index (χ4n) is 1.73. The van der Waals surface area contributed by atoms with Crippen LogP contribution in [0.2, 0.25) is 0 Å². The molecule has 0 aliphatic heterocycles. The molecule has 0 radical (unpaired) electrons. The molecular weight excluding hydrogens is 226 g/mol. The molecule has 0 aliphatic rings. The van der Waals surface area contributed by atoms with Gasteiger partial charge in [0.1, 0.15) is 12.4 Å². The van der Waals surface area contributed by atoms with E-state index >= 15 is 0 Å². The predicted octanol–water partition coefficient (Wildman–Crippen LogP) is 3.73. The Morgan fingerprint density at radius 1 is 1.33 bits per heavy atom. The Kier molecular flexibility index (Phi) is 7.78. The minimum absolute atomic E-state index is 0.591. The van der Waals surface area contributed by atoms with Crippen LogP contribution in [0.5, 0.6) is 0 Å². The van der Waals surface area contributed by atoms with Crippen molar-refractivity contribution in [2.75, 3.05) is 13.2 Å². The van der Waals surface area contributed by atoms with Crippen molar-refractivity contribution in [2.24, 2.45) is 5.92 Å². The van der Waals surface area contributed by atoms with Crippen LogP contribution in [-0.2, 0) is 17.9 Å². The molecule has 0 aromatic carbocycles. The highest BCUT2D eigenvalue weighted by Gasteiger charge is 2.02. The van der Waals surface area contributed by atoms with Crippen molar-refractivity contribution in [3.63, 3.8) is 0 Å². The third-order valence-electron chi connectivity index (χ3n) is 2.73. The number of nitrogens with one attached hydrogen (secondary N) is 1. The fraction of sp³-hybridized carbons (Fsp3) is 0.733. The molecule has 0 saturated carbocycles. The first-order valence-corrected chi connectivity index (χ1v) is 7.07. The summed E-state index contributed by atoms with van der Waals surface area (Å²) >= 11 is 0. The van der Waals surface area contributed by atoms with Crippen LogP contribution in [0.3, 0.4) is 0 Å². The van der Waals surface area contributed by atoms with Crippen LogP contribution in [0.15, 0.2) is 16.7 Å². The summed E-state index contributed by atoms with van der Waals surface area (Å²) < 4.78 is 11.0. The van der Waals surface area contributed by atoms with Gasteiger partial charge in [0.25, 0.3) is 0 Å². The lowest BCUT2D eigenvalue weighted by molar-refractivity contribution is 0.103. The van der Waals surface area contributed by atoms with Crippen molar-refractivity contribution in [3.05, 3.63) is 23.7 Å². The minimum Gasteiger partial charge on any atom is -0.467 e. The van der Waals surface area contributed by atoms with Gasteiger partial charge in [-0.05, 0) is 24.9 Å². The van der Waals surface area contributed by atoms with Crippen molar-refractivity contribution < 1.29 is 9.15 Å². The van der Waals surface area contributed by atoms with E-state index in [1.54, 1.807) is 0 Å². The molecule has 0 atom stereocenters. The third kappa shape index (κ3) is 6.82. The van der Waals surface area contributed by atoms with Crippen LogP contribution in [0.1, 0.15) is 51.4 Å². The molecule has 0 aliphatic carbocycles. The van der Waals surface area contributed by atoms with E-state index in [9.17, 15) is 0 Å². The van der Waals surface area contributed by atoms with Gasteiger partial charge in [0.15, 0.2) is 0 Å². The van der Waals surface area contributed by atoms with E-state index in [0.29, 0.717) is 12.5 Å². The summed E-state index contributed by atoms with van der Waals surface area (Å²) in [7, 11) is 0. The number of rotatable bonds is 10. The molecule has 0 unspecified atom stereocenters. The van der Waals surface area contributed by atoms with Gasteiger partial charge in [0.2, 0.25) is 0 Å². The normalized spacial score (nSPS) is 11.3. The average Bonchev–Trinajstić information content (AvgIpc) is 2.76. The zero-order valence-electron chi connectivity index (χ0n) is 12.0. The highest BCUT2D eigenvalue weighted by atomic mass is 16.5. The molecule has 0 fully saturated rings. The quantitative estimate of drug-likeness (QED) is 0.645. The third-order valence-corrected chi connectivity index (χ3v) is 2.73. The van der Waals surface area contributed by atoms with Gasteiger partial charge in [-0.15, -0.1) is 0 Å². The van der Waals surface area contributed by atoms with Crippen molar-refractivity contribution >= 4 is 0 Å². The van der Waals surface area contributed by atoms with Gasteiger partial charge in [0, 0.05) is 18.7 Å². The Balaban J connectivity index is 2.13. The number of unbranched alkanes of at least 4 members (excludes halogenated alkanes) is 2. The molecule has 1 aromatic rings. The van der Waals surface area contributed by atoms with E-state index in [2.05, 4.69) is 32.2 Å². The summed E-state index contributed by atoms with van der Waals surface area (Å²) in [4.78, 5) is 0. The van der Waals surface area contributed by atoms with Crippen LogP contribution < -0.4 is 5.32 Å². The number of ether oxygens (including phenoxy) is 1. The van der Waals surface area contributed by atoms with Gasteiger partial charge in [0.05, 0.1) is 6.26 Å². The maximum absolute atomic E-state index is 5.56. The smallest absolute Gasteiger partial charge is 0.129 e. The Morgan fingerprint density at radius 3 is 2.89 bits per heavy atom. The molecular formula is C15H27NO2. The second-order valence-electron chi connectivity index (χ2n) is 5.21. The molecule has 1 aromatic heterocycles. The van der Waals surface area contributed by atoms with Gasteiger partial charge >= 0.3 is 0 Å². The van der Waals surface area contributed by atoms with E-state index in [4.69, 9.17) is 9.15 Å². The molecule has 18 heavy (non-hydrogen) atoms. The molecule has 0 saturated heterocycles. The van der Waals surface area contributed by atoms with Crippen LogP contribution in [0.4, 0.5) is 0 Å². The molecule has 0 spiro atoms. The Labute approximate surface area is 111 Å². The van der Waals surface area contributed by atoms with Gasteiger partial charge in [-0.2, -0.15) is 0 Å². The van der Waals surface area contributed by atoms with Crippen LogP contribution in [-0.4, -0.2) is 13.2 Å². The maximum Gasteiger partial charge on any atom is 0.129 e. The summed E-state index contributed by atoms with van der Waals surface area (Å²) in [6.07, 6.45) is 5.43. The average molecular weight is 253 g/mol. The standard InChI is InChI=1S/C15H27NO2/c1-4-5-6-7-17-12-15-8-14(11-18-15)10-16-9-13(2)3/h8,11,13,16H,4-7,9-10,12H2,1-3H3. The highest BCUT2D eigenvalue weighted by molar-refractivity contribution is 5.11. The first-order chi connectivity index (χ1) is 8.72. The fourth-order valence-corrected chi connectivity index (χ4v) is 1.73. The summed E-state index contributed by atoms with van der Waals surface area (Å²) in [6, 6.07) is 2.08. The first kappa shape index (κ1) is 15.3. The van der Waals surface area contributed by atoms with E-state index in [0.717, 1.165) is 31.9 Å². The van der Waals surface area contributed by atoms with E-state index in [-0.39, 0.29) is 0 Å². The van der Waals surface area contributed by atoms with Gasteiger partial charge in [-0.3, -0.25) is 0 Å². The summed E-state index contributed by atoms with van der Waals surface area (Å²) in [5.74, 6) is 1.60. The summed E-state index contributed by atoms with van der Waals surface area (Å²) in [5, 5.41) is 3.40. The molecule has 1 N–H and O–H groups in total. The predicted molar refractivity (Wildman–Crippen MR) is 74.4 cm³/mol. The van der Waals surface area contributed by atoms with Gasteiger partial charge < -0.3 is 14.5 Å². The molecule has 3 nitrogen and oxygen atoms in total. The van der Waals surface area contributed by atoms with Gasteiger partial charge in [-0.1, -0.05) is 33.6 Å². The summed E-state index contributed by atoms with van der Waals surface area (Å²) in [6.45, 7) is 9.94. The van der Waals surface area contributed by atoms with Crippen LogP contribution in [0.25, 0.3) is 0 Å². The zero-order valence-corrected chi connectivity index (χ0v) is 12.0. The minimum atomic E-state index is 0.591. The van der Waals surface area contributed by atoms with Crippen molar-refractivity contribution in [1.29, 1.82) is 0 Å². The van der Waals surface area contributed by atoms with E-state index in [1.165, 1.54) is 18.4 Å². The largest absolute Gasteiger partial charge is 0.467 e. The SMILES string of the molecule is CCCCCOCc1cc(CNCC(C)C)co1. The van der Waals surface area contributed by atoms with E-state index < -0.39 is 0 Å². The maximum atomic E-state index is 5.56.